The van der Waals surface area contributed by atoms with E-state index in [2.05, 4.69) is 44.6 Å². The molecule has 1 aliphatic carbocycles. The van der Waals surface area contributed by atoms with Gasteiger partial charge in [0.25, 0.3) is 5.91 Å². The van der Waals surface area contributed by atoms with Crippen LogP contribution in [-0.2, 0) is 6.54 Å². The van der Waals surface area contributed by atoms with Crippen LogP contribution < -0.4 is 15.1 Å². The molecule has 2 aromatic carbocycles. The standard InChI is InChI=1S/C27H36N4O2/c1-33-26-12-8-7-11-25(26)31-19-17-30(18-20-31)21-22-13-15-23(16-14-22)27(32)29-28-24-9-5-3-2-4-6-10-24/h7-8,11-16H,2-6,9-10,17-21H2,1H3,(H,29,32). The number of ether oxygens (including phenoxy) is 1. The first-order chi connectivity index (χ1) is 16.2. The Morgan fingerprint density at radius 2 is 1.58 bits per heavy atom. The normalized spacial score (nSPS) is 17.7. The van der Waals surface area contributed by atoms with Crippen LogP contribution >= 0.6 is 0 Å². The fourth-order valence-corrected chi connectivity index (χ4v) is 4.68. The molecule has 1 saturated carbocycles. The molecule has 1 saturated heterocycles. The Kier molecular flexibility index (Phi) is 8.36. The van der Waals surface area contributed by atoms with Crippen molar-refractivity contribution in [3.8, 4) is 5.75 Å². The van der Waals surface area contributed by atoms with E-state index in [1.54, 1.807) is 7.11 Å². The molecule has 0 atom stereocenters. The predicted molar refractivity (Wildman–Crippen MR) is 134 cm³/mol. The highest BCUT2D eigenvalue weighted by atomic mass is 16.5. The van der Waals surface area contributed by atoms with E-state index in [0.29, 0.717) is 5.56 Å². The zero-order valence-electron chi connectivity index (χ0n) is 19.8. The minimum absolute atomic E-state index is 0.124. The highest BCUT2D eigenvalue weighted by molar-refractivity contribution is 5.95. The van der Waals surface area contributed by atoms with Gasteiger partial charge in [0.15, 0.2) is 0 Å². The molecule has 1 aliphatic heterocycles. The molecular weight excluding hydrogens is 412 g/mol. The van der Waals surface area contributed by atoms with E-state index in [0.717, 1.165) is 62.7 Å². The Labute approximate surface area is 197 Å². The summed E-state index contributed by atoms with van der Waals surface area (Å²) in [7, 11) is 1.73. The largest absolute Gasteiger partial charge is 0.495 e. The van der Waals surface area contributed by atoms with E-state index in [9.17, 15) is 4.79 Å². The van der Waals surface area contributed by atoms with Gasteiger partial charge in [0, 0.05) is 44.0 Å². The zero-order valence-corrected chi connectivity index (χ0v) is 19.8. The van der Waals surface area contributed by atoms with Gasteiger partial charge in [-0.1, -0.05) is 43.5 Å². The lowest BCUT2D eigenvalue weighted by Gasteiger charge is -2.36. The number of piperazine rings is 1. The number of amides is 1. The van der Waals surface area contributed by atoms with E-state index in [1.165, 1.54) is 37.7 Å². The van der Waals surface area contributed by atoms with Crippen molar-refractivity contribution in [2.75, 3.05) is 38.2 Å². The lowest BCUT2D eigenvalue weighted by atomic mass is 9.99. The van der Waals surface area contributed by atoms with Crippen molar-refractivity contribution >= 4 is 17.3 Å². The van der Waals surface area contributed by atoms with Gasteiger partial charge in [-0.15, -0.1) is 0 Å². The average molecular weight is 449 g/mol. The highest BCUT2D eigenvalue weighted by Crippen LogP contribution is 2.28. The van der Waals surface area contributed by atoms with Crippen molar-refractivity contribution in [1.82, 2.24) is 10.3 Å². The summed E-state index contributed by atoms with van der Waals surface area (Å²) in [6.07, 6.45) is 8.22. The van der Waals surface area contributed by atoms with Crippen LogP contribution in [0.4, 0.5) is 5.69 Å². The number of benzene rings is 2. The molecule has 0 bridgehead atoms. The maximum atomic E-state index is 12.5. The van der Waals surface area contributed by atoms with Gasteiger partial charge in [-0.25, -0.2) is 5.43 Å². The Hall–Kier alpha value is -2.86. The number of hydrogen-bond donors (Lipinski definition) is 1. The van der Waals surface area contributed by atoms with Crippen molar-refractivity contribution in [1.29, 1.82) is 0 Å². The number of hydrogen-bond acceptors (Lipinski definition) is 5. The maximum Gasteiger partial charge on any atom is 0.271 e. The van der Waals surface area contributed by atoms with Gasteiger partial charge in [0.2, 0.25) is 0 Å². The van der Waals surface area contributed by atoms with Crippen LogP contribution in [0, 0.1) is 0 Å². The Bertz CT molecular complexity index is 923. The van der Waals surface area contributed by atoms with E-state index in [1.807, 2.05) is 24.3 Å². The SMILES string of the molecule is COc1ccccc1N1CCN(Cc2ccc(C(=O)NN=C3CCCCCCC3)cc2)CC1. The van der Waals surface area contributed by atoms with Crippen molar-refractivity contribution in [3.05, 3.63) is 59.7 Å². The molecule has 1 N–H and O–H groups in total. The fourth-order valence-electron chi connectivity index (χ4n) is 4.68. The summed E-state index contributed by atoms with van der Waals surface area (Å²) in [5, 5.41) is 4.42. The smallest absolute Gasteiger partial charge is 0.271 e. The van der Waals surface area contributed by atoms with Crippen molar-refractivity contribution in [2.45, 2.75) is 51.5 Å². The van der Waals surface area contributed by atoms with E-state index in [4.69, 9.17) is 4.74 Å². The molecule has 0 unspecified atom stereocenters. The third kappa shape index (κ3) is 6.57. The van der Waals surface area contributed by atoms with Crippen molar-refractivity contribution in [2.24, 2.45) is 5.10 Å². The van der Waals surface area contributed by atoms with Gasteiger partial charge in [-0.2, -0.15) is 5.10 Å². The summed E-state index contributed by atoms with van der Waals surface area (Å²) in [6, 6.07) is 16.2. The lowest BCUT2D eigenvalue weighted by Crippen LogP contribution is -2.46. The minimum Gasteiger partial charge on any atom is -0.495 e. The summed E-state index contributed by atoms with van der Waals surface area (Å²) < 4.78 is 5.52. The first-order valence-electron chi connectivity index (χ1n) is 12.3. The Morgan fingerprint density at radius 1 is 0.909 bits per heavy atom. The second kappa shape index (κ2) is 11.8. The molecule has 2 fully saturated rings. The van der Waals surface area contributed by atoms with E-state index < -0.39 is 0 Å². The third-order valence-electron chi connectivity index (χ3n) is 6.67. The summed E-state index contributed by atoms with van der Waals surface area (Å²) in [5.74, 6) is 0.807. The molecule has 176 valence electrons. The molecule has 6 heteroatoms. The maximum absolute atomic E-state index is 12.5. The zero-order chi connectivity index (χ0) is 22.9. The van der Waals surface area contributed by atoms with Crippen LogP contribution in [0.1, 0.15) is 60.9 Å². The average Bonchev–Trinajstić information content (AvgIpc) is 2.84. The molecule has 33 heavy (non-hydrogen) atoms. The Balaban J connectivity index is 1.26. The van der Waals surface area contributed by atoms with Crippen LogP contribution in [-0.4, -0.2) is 49.8 Å². The Morgan fingerprint density at radius 3 is 2.27 bits per heavy atom. The second-order valence-electron chi connectivity index (χ2n) is 9.02. The van der Waals surface area contributed by atoms with Gasteiger partial charge >= 0.3 is 0 Å². The predicted octanol–water partition coefficient (Wildman–Crippen LogP) is 4.85. The number of carbonyl (C=O) groups is 1. The van der Waals surface area contributed by atoms with Crippen LogP contribution in [0.3, 0.4) is 0 Å². The highest BCUT2D eigenvalue weighted by Gasteiger charge is 2.19. The molecule has 1 heterocycles. The van der Waals surface area contributed by atoms with Gasteiger partial charge in [0.1, 0.15) is 5.75 Å². The first kappa shape index (κ1) is 23.3. The first-order valence-corrected chi connectivity index (χ1v) is 12.3. The molecule has 2 aliphatic rings. The minimum atomic E-state index is -0.124. The summed E-state index contributed by atoms with van der Waals surface area (Å²) >= 11 is 0. The summed E-state index contributed by atoms with van der Waals surface area (Å²) in [5.41, 5.74) is 6.95. The molecule has 6 nitrogen and oxygen atoms in total. The molecule has 0 radical (unpaired) electrons. The van der Waals surface area contributed by atoms with E-state index >= 15 is 0 Å². The molecule has 4 rings (SSSR count). The van der Waals surface area contributed by atoms with Gasteiger partial charge < -0.3 is 9.64 Å². The number of nitrogens with zero attached hydrogens (tertiary/aromatic N) is 3. The molecule has 0 aromatic heterocycles. The van der Waals surface area contributed by atoms with E-state index in [-0.39, 0.29) is 5.91 Å². The monoisotopic (exact) mass is 448 g/mol. The number of nitrogens with one attached hydrogen (secondary N) is 1. The number of rotatable bonds is 6. The topological polar surface area (TPSA) is 57.2 Å². The van der Waals surface area contributed by atoms with Crippen molar-refractivity contribution < 1.29 is 9.53 Å². The number of anilines is 1. The number of carbonyl (C=O) groups excluding carboxylic acids is 1. The van der Waals surface area contributed by atoms with Crippen LogP contribution in [0.2, 0.25) is 0 Å². The van der Waals surface area contributed by atoms with Gasteiger partial charge in [0.05, 0.1) is 12.8 Å². The molecule has 1 amide bonds. The second-order valence-corrected chi connectivity index (χ2v) is 9.02. The number of hydrazone groups is 1. The molecule has 0 spiro atoms. The summed E-state index contributed by atoms with van der Waals surface area (Å²) in [4.78, 5) is 17.4. The molecule has 2 aromatic rings. The number of methoxy groups -OCH3 is 1. The quantitative estimate of drug-likeness (QED) is 0.642. The van der Waals surface area contributed by atoms with Crippen LogP contribution in [0.15, 0.2) is 53.6 Å². The third-order valence-corrected chi connectivity index (χ3v) is 6.67. The van der Waals surface area contributed by atoms with Crippen LogP contribution in [0.25, 0.3) is 0 Å². The van der Waals surface area contributed by atoms with Crippen molar-refractivity contribution in [3.63, 3.8) is 0 Å². The van der Waals surface area contributed by atoms with Gasteiger partial charge in [-0.05, 0) is 55.5 Å². The molecular formula is C27H36N4O2. The fraction of sp³-hybridized carbons (Fsp3) is 0.481. The lowest BCUT2D eigenvalue weighted by molar-refractivity contribution is 0.0954. The van der Waals surface area contributed by atoms with Gasteiger partial charge in [-0.3, -0.25) is 9.69 Å². The number of para-hydroxylation sites is 2. The summed E-state index contributed by atoms with van der Waals surface area (Å²) in [6.45, 7) is 4.84. The van der Waals surface area contributed by atoms with Crippen LogP contribution in [0.5, 0.6) is 5.75 Å².